The third kappa shape index (κ3) is 4.01. The van der Waals surface area contributed by atoms with E-state index in [2.05, 4.69) is 20.6 Å². The first-order valence-corrected chi connectivity index (χ1v) is 9.96. The fourth-order valence-electron chi connectivity index (χ4n) is 3.08. The SMILES string of the molecule is COCCNc1nc2cc(CNC(=O)c3ccc4c(c3)[nH]c(=O)n4C)ccc2s1. The van der Waals surface area contributed by atoms with Crippen LogP contribution in [0.5, 0.6) is 0 Å². The van der Waals surface area contributed by atoms with Crippen LogP contribution < -0.4 is 16.3 Å². The van der Waals surface area contributed by atoms with E-state index in [0.29, 0.717) is 30.8 Å². The number of benzene rings is 2. The first kappa shape index (κ1) is 19.2. The molecule has 0 saturated heterocycles. The van der Waals surface area contributed by atoms with Crippen LogP contribution in [-0.2, 0) is 18.3 Å². The third-order valence-corrected chi connectivity index (χ3v) is 5.65. The summed E-state index contributed by atoms with van der Waals surface area (Å²) >= 11 is 1.59. The number of carbonyl (C=O) groups is 1. The molecule has 29 heavy (non-hydrogen) atoms. The predicted octanol–water partition coefficient (Wildman–Crippen LogP) is 2.46. The second kappa shape index (κ2) is 8.06. The van der Waals surface area contributed by atoms with E-state index in [-0.39, 0.29) is 11.6 Å². The quantitative estimate of drug-likeness (QED) is 0.406. The van der Waals surface area contributed by atoms with E-state index in [1.54, 1.807) is 43.7 Å². The van der Waals surface area contributed by atoms with Crippen molar-refractivity contribution in [2.75, 3.05) is 25.6 Å². The molecule has 2 heterocycles. The summed E-state index contributed by atoms with van der Waals surface area (Å²) in [5, 5.41) is 7.00. The van der Waals surface area contributed by atoms with Crippen LogP contribution in [0, 0.1) is 0 Å². The lowest BCUT2D eigenvalue weighted by molar-refractivity contribution is 0.0951. The highest BCUT2D eigenvalue weighted by atomic mass is 32.1. The van der Waals surface area contributed by atoms with E-state index in [1.165, 1.54) is 4.57 Å². The van der Waals surface area contributed by atoms with Crippen LogP contribution in [0.2, 0.25) is 0 Å². The van der Waals surface area contributed by atoms with Gasteiger partial charge in [0.05, 0.1) is 27.9 Å². The van der Waals surface area contributed by atoms with Gasteiger partial charge in [-0.1, -0.05) is 17.4 Å². The van der Waals surface area contributed by atoms with Gasteiger partial charge in [0.25, 0.3) is 5.91 Å². The van der Waals surface area contributed by atoms with Gasteiger partial charge in [0, 0.05) is 32.8 Å². The van der Waals surface area contributed by atoms with E-state index < -0.39 is 0 Å². The van der Waals surface area contributed by atoms with Crippen molar-refractivity contribution in [2.24, 2.45) is 7.05 Å². The Morgan fingerprint density at radius 1 is 1.28 bits per heavy atom. The minimum absolute atomic E-state index is 0.197. The standard InChI is InChI=1S/C20H21N5O3S/c1-25-16-5-4-13(10-14(16)24-20(25)27)18(26)22-11-12-3-6-17-15(9-12)23-19(29-17)21-7-8-28-2/h3-6,9-10H,7-8,11H2,1-2H3,(H,21,23)(H,22,26)(H,24,27). The zero-order valence-corrected chi connectivity index (χ0v) is 16.9. The number of nitrogens with one attached hydrogen (secondary N) is 3. The van der Waals surface area contributed by atoms with Gasteiger partial charge in [-0.15, -0.1) is 0 Å². The van der Waals surface area contributed by atoms with Crippen LogP contribution in [0.15, 0.2) is 41.2 Å². The number of amides is 1. The van der Waals surface area contributed by atoms with Gasteiger partial charge in [0.2, 0.25) is 0 Å². The minimum atomic E-state index is -0.204. The lowest BCUT2D eigenvalue weighted by Gasteiger charge is -2.06. The van der Waals surface area contributed by atoms with Crippen molar-refractivity contribution < 1.29 is 9.53 Å². The number of thiazole rings is 1. The van der Waals surface area contributed by atoms with Gasteiger partial charge in [0.1, 0.15) is 0 Å². The highest BCUT2D eigenvalue weighted by molar-refractivity contribution is 7.22. The van der Waals surface area contributed by atoms with Gasteiger partial charge >= 0.3 is 5.69 Å². The Kier molecular flexibility index (Phi) is 5.32. The molecule has 0 fully saturated rings. The first-order chi connectivity index (χ1) is 14.0. The zero-order chi connectivity index (χ0) is 20.4. The number of rotatable bonds is 7. The second-order valence-corrected chi connectivity index (χ2v) is 7.68. The highest BCUT2D eigenvalue weighted by Crippen LogP contribution is 2.26. The van der Waals surface area contributed by atoms with Crippen LogP contribution in [0.25, 0.3) is 21.3 Å². The van der Waals surface area contributed by atoms with Crippen LogP contribution >= 0.6 is 11.3 Å². The van der Waals surface area contributed by atoms with Gasteiger partial charge in [-0.05, 0) is 35.9 Å². The van der Waals surface area contributed by atoms with Crippen molar-refractivity contribution in [1.29, 1.82) is 0 Å². The summed E-state index contributed by atoms with van der Waals surface area (Å²) < 4.78 is 7.63. The number of fused-ring (bicyclic) bond motifs is 2. The number of methoxy groups -OCH3 is 1. The maximum absolute atomic E-state index is 12.5. The molecule has 0 saturated carbocycles. The van der Waals surface area contributed by atoms with Gasteiger partial charge in [-0.3, -0.25) is 9.36 Å². The predicted molar refractivity (Wildman–Crippen MR) is 115 cm³/mol. The van der Waals surface area contributed by atoms with Gasteiger partial charge in [-0.25, -0.2) is 9.78 Å². The summed E-state index contributed by atoms with van der Waals surface area (Å²) in [6.07, 6.45) is 0. The molecule has 8 nitrogen and oxygen atoms in total. The smallest absolute Gasteiger partial charge is 0.326 e. The number of ether oxygens (including phenoxy) is 1. The molecule has 0 aliphatic heterocycles. The molecule has 0 atom stereocenters. The Balaban J connectivity index is 1.44. The molecule has 1 amide bonds. The molecule has 0 bridgehead atoms. The molecule has 4 rings (SSSR count). The van der Waals surface area contributed by atoms with Crippen molar-refractivity contribution in [1.82, 2.24) is 19.9 Å². The lowest BCUT2D eigenvalue weighted by atomic mass is 10.1. The molecular formula is C20H21N5O3S. The number of hydrogen-bond donors (Lipinski definition) is 3. The number of aromatic amines is 1. The Morgan fingerprint density at radius 2 is 2.14 bits per heavy atom. The number of aromatic nitrogens is 3. The minimum Gasteiger partial charge on any atom is -0.383 e. The molecular weight excluding hydrogens is 390 g/mol. The fraction of sp³-hybridized carbons (Fsp3) is 0.250. The lowest BCUT2D eigenvalue weighted by Crippen LogP contribution is -2.22. The van der Waals surface area contributed by atoms with Gasteiger partial charge in [-0.2, -0.15) is 0 Å². The number of aryl methyl sites for hydroxylation is 1. The number of imidazole rings is 1. The van der Waals surface area contributed by atoms with E-state index in [9.17, 15) is 9.59 Å². The Bertz CT molecular complexity index is 1240. The van der Waals surface area contributed by atoms with E-state index in [0.717, 1.165) is 26.4 Å². The molecule has 0 unspecified atom stereocenters. The van der Waals surface area contributed by atoms with Crippen LogP contribution in [-0.4, -0.2) is 40.7 Å². The van der Waals surface area contributed by atoms with Crippen LogP contribution in [0.1, 0.15) is 15.9 Å². The van der Waals surface area contributed by atoms with Crippen molar-refractivity contribution in [2.45, 2.75) is 6.54 Å². The fourth-order valence-corrected chi connectivity index (χ4v) is 3.95. The van der Waals surface area contributed by atoms with E-state index >= 15 is 0 Å². The molecule has 2 aromatic heterocycles. The summed E-state index contributed by atoms with van der Waals surface area (Å²) in [5.41, 5.74) is 3.56. The topological polar surface area (TPSA) is 101 Å². The number of H-pyrrole nitrogens is 1. The maximum Gasteiger partial charge on any atom is 0.326 e. The summed E-state index contributed by atoms with van der Waals surface area (Å²) in [4.78, 5) is 31.5. The Morgan fingerprint density at radius 3 is 2.97 bits per heavy atom. The average molecular weight is 411 g/mol. The Hall–Kier alpha value is -3.17. The molecule has 0 aliphatic rings. The first-order valence-electron chi connectivity index (χ1n) is 9.14. The number of carbonyl (C=O) groups excluding carboxylic acids is 1. The van der Waals surface area contributed by atoms with Crippen LogP contribution in [0.4, 0.5) is 5.13 Å². The molecule has 4 aromatic rings. The van der Waals surface area contributed by atoms with Crippen molar-refractivity contribution in [3.05, 3.63) is 58.0 Å². The van der Waals surface area contributed by atoms with Crippen LogP contribution in [0.3, 0.4) is 0 Å². The summed E-state index contributed by atoms with van der Waals surface area (Å²) in [5.74, 6) is -0.197. The van der Waals surface area contributed by atoms with Crippen molar-refractivity contribution in [3.63, 3.8) is 0 Å². The molecule has 2 aromatic carbocycles. The monoisotopic (exact) mass is 411 g/mol. The third-order valence-electron chi connectivity index (χ3n) is 4.65. The Labute approximate surface area is 170 Å². The summed E-state index contributed by atoms with van der Waals surface area (Å²) in [6.45, 7) is 1.72. The summed E-state index contributed by atoms with van der Waals surface area (Å²) in [7, 11) is 3.35. The number of hydrogen-bond acceptors (Lipinski definition) is 6. The number of anilines is 1. The number of nitrogens with zero attached hydrogens (tertiary/aromatic N) is 2. The molecule has 0 radical (unpaired) electrons. The molecule has 3 N–H and O–H groups in total. The van der Waals surface area contributed by atoms with E-state index in [1.807, 2.05) is 18.2 Å². The maximum atomic E-state index is 12.5. The largest absolute Gasteiger partial charge is 0.383 e. The summed E-state index contributed by atoms with van der Waals surface area (Å²) in [6, 6.07) is 11.1. The van der Waals surface area contributed by atoms with Gasteiger partial charge in [0.15, 0.2) is 5.13 Å². The molecule has 0 spiro atoms. The average Bonchev–Trinajstić information content (AvgIpc) is 3.25. The molecule has 150 valence electrons. The van der Waals surface area contributed by atoms with E-state index in [4.69, 9.17) is 4.74 Å². The van der Waals surface area contributed by atoms with Gasteiger partial charge < -0.3 is 20.4 Å². The second-order valence-electron chi connectivity index (χ2n) is 6.64. The highest BCUT2D eigenvalue weighted by Gasteiger charge is 2.10. The normalized spacial score (nSPS) is 11.2. The van der Waals surface area contributed by atoms with Crippen molar-refractivity contribution in [3.8, 4) is 0 Å². The van der Waals surface area contributed by atoms with Crippen molar-refractivity contribution >= 4 is 43.6 Å². The zero-order valence-electron chi connectivity index (χ0n) is 16.1. The molecule has 9 heteroatoms. The molecule has 0 aliphatic carbocycles.